The van der Waals surface area contributed by atoms with Gasteiger partial charge in [-0.2, -0.15) is 0 Å². The van der Waals surface area contributed by atoms with Crippen LogP contribution in [-0.4, -0.2) is 34.2 Å². The summed E-state index contributed by atoms with van der Waals surface area (Å²) in [7, 11) is 0. The first-order chi connectivity index (χ1) is 5.81. The summed E-state index contributed by atoms with van der Waals surface area (Å²) in [6.07, 6.45) is 3.31. The Morgan fingerprint density at radius 3 is 2.38 bits per heavy atom. The molecule has 1 aliphatic heterocycles. The zero-order valence-electron chi connectivity index (χ0n) is 9.43. The molecule has 1 fully saturated rings. The maximum atomic E-state index is 10.0. The Bertz CT molecular complexity index is 169. The molecule has 1 rings (SSSR count). The number of nitrogens with zero attached hydrogens (tertiary/aromatic N) is 1. The van der Waals surface area contributed by atoms with Gasteiger partial charge < -0.3 is 5.11 Å². The molecule has 1 atom stereocenters. The van der Waals surface area contributed by atoms with Crippen LogP contribution in [0.25, 0.3) is 0 Å². The average molecular weight is 185 g/mol. The van der Waals surface area contributed by atoms with Gasteiger partial charge in [-0.1, -0.05) is 0 Å². The third-order valence-electron chi connectivity index (χ3n) is 2.87. The van der Waals surface area contributed by atoms with Crippen LogP contribution >= 0.6 is 0 Å². The summed E-state index contributed by atoms with van der Waals surface area (Å²) in [6, 6.07) is 0. The molecule has 13 heavy (non-hydrogen) atoms. The molecule has 0 saturated carbocycles. The van der Waals surface area contributed by atoms with Crippen molar-refractivity contribution >= 4 is 0 Å². The van der Waals surface area contributed by atoms with E-state index in [9.17, 15) is 5.11 Å². The maximum absolute atomic E-state index is 10.0. The summed E-state index contributed by atoms with van der Waals surface area (Å²) < 4.78 is 0. The molecule has 0 radical (unpaired) electrons. The van der Waals surface area contributed by atoms with Crippen LogP contribution in [-0.2, 0) is 0 Å². The highest BCUT2D eigenvalue weighted by Gasteiger charge is 2.31. The van der Waals surface area contributed by atoms with Crippen LogP contribution in [0.3, 0.4) is 0 Å². The largest absolute Gasteiger partial charge is 0.389 e. The van der Waals surface area contributed by atoms with E-state index >= 15 is 0 Å². The van der Waals surface area contributed by atoms with Gasteiger partial charge >= 0.3 is 0 Å². The van der Waals surface area contributed by atoms with Crippen LogP contribution in [0.1, 0.15) is 47.0 Å². The summed E-state index contributed by atoms with van der Waals surface area (Å²) in [4.78, 5) is 2.39. The maximum Gasteiger partial charge on any atom is 0.0746 e. The number of aliphatic hydroxyl groups is 1. The van der Waals surface area contributed by atoms with E-state index in [2.05, 4.69) is 25.7 Å². The zero-order chi connectivity index (χ0) is 10.1. The Kier molecular flexibility index (Phi) is 3.03. The number of hydrogen-bond donors (Lipinski definition) is 1. The second kappa shape index (κ2) is 3.58. The standard InChI is InChI=1S/C11H23NO/c1-10(2,3)12-8-6-5-7-11(4,13)9-12/h13H,5-9H2,1-4H3. The topological polar surface area (TPSA) is 23.5 Å². The van der Waals surface area contributed by atoms with Crippen molar-refractivity contribution < 1.29 is 5.11 Å². The monoisotopic (exact) mass is 185 g/mol. The molecule has 2 nitrogen and oxygen atoms in total. The first-order valence-corrected chi connectivity index (χ1v) is 5.29. The molecule has 1 unspecified atom stereocenters. The van der Waals surface area contributed by atoms with E-state index in [4.69, 9.17) is 0 Å². The molecule has 1 N–H and O–H groups in total. The second-order valence-corrected chi connectivity index (χ2v) is 5.55. The normalized spacial score (nSPS) is 33.0. The van der Waals surface area contributed by atoms with Crippen molar-refractivity contribution in [1.82, 2.24) is 4.90 Å². The minimum absolute atomic E-state index is 0.189. The van der Waals surface area contributed by atoms with Gasteiger partial charge in [-0.15, -0.1) is 0 Å². The van der Waals surface area contributed by atoms with E-state index in [1.165, 1.54) is 6.42 Å². The van der Waals surface area contributed by atoms with Crippen LogP contribution in [0.15, 0.2) is 0 Å². The highest BCUT2D eigenvalue weighted by Crippen LogP contribution is 2.25. The summed E-state index contributed by atoms with van der Waals surface area (Å²) in [6.45, 7) is 10.5. The Balaban J connectivity index is 2.65. The SMILES string of the molecule is CC1(O)CCCCN(C(C)(C)C)C1. The lowest BCUT2D eigenvalue weighted by atomic mass is 9.98. The predicted octanol–water partition coefficient (Wildman–Crippen LogP) is 2.02. The third kappa shape index (κ3) is 3.28. The highest BCUT2D eigenvalue weighted by molar-refractivity contribution is 4.86. The van der Waals surface area contributed by atoms with Crippen LogP contribution in [0.5, 0.6) is 0 Å². The van der Waals surface area contributed by atoms with Gasteiger partial charge in [0, 0.05) is 12.1 Å². The first kappa shape index (κ1) is 11.0. The molecule has 1 aliphatic rings. The molecule has 78 valence electrons. The highest BCUT2D eigenvalue weighted by atomic mass is 16.3. The van der Waals surface area contributed by atoms with Crippen molar-refractivity contribution in [1.29, 1.82) is 0 Å². The molecule has 1 saturated heterocycles. The lowest BCUT2D eigenvalue weighted by Crippen LogP contribution is -2.48. The number of β-amino-alcohol motifs (C(OH)–C–C–N with tert-alkyl or cyclic N) is 1. The van der Waals surface area contributed by atoms with Crippen molar-refractivity contribution in [3.63, 3.8) is 0 Å². The van der Waals surface area contributed by atoms with Crippen molar-refractivity contribution in [2.75, 3.05) is 13.1 Å². The fourth-order valence-corrected chi connectivity index (χ4v) is 1.95. The number of likely N-dealkylation sites (tertiary alicyclic amines) is 1. The molecule has 0 amide bonds. The van der Waals surface area contributed by atoms with Crippen LogP contribution in [0.2, 0.25) is 0 Å². The summed E-state index contributed by atoms with van der Waals surface area (Å²) in [5.41, 5.74) is -0.294. The van der Waals surface area contributed by atoms with Gasteiger partial charge in [0.1, 0.15) is 0 Å². The smallest absolute Gasteiger partial charge is 0.0746 e. The van der Waals surface area contributed by atoms with Gasteiger partial charge in [0.05, 0.1) is 5.60 Å². The fourth-order valence-electron chi connectivity index (χ4n) is 1.95. The lowest BCUT2D eigenvalue weighted by molar-refractivity contribution is -0.00209. The zero-order valence-corrected chi connectivity index (χ0v) is 9.43. The van der Waals surface area contributed by atoms with E-state index in [1.807, 2.05) is 6.92 Å². The Morgan fingerprint density at radius 2 is 1.85 bits per heavy atom. The fraction of sp³-hybridized carbons (Fsp3) is 1.00. The van der Waals surface area contributed by atoms with Crippen molar-refractivity contribution in [3.05, 3.63) is 0 Å². The van der Waals surface area contributed by atoms with Crippen molar-refractivity contribution in [3.8, 4) is 0 Å². The molecule has 2 heteroatoms. The molecular weight excluding hydrogens is 162 g/mol. The second-order valence-electron chi connectivity index (χ2n) is 5.55. The number of hydrogen-bond acceptors (Lipinski definition) is 2. The molecule has 1 heterocycles. The average Bonchev–Trinajstić information content (AvgIpc) is 2.08. The lowest BCUT2D eigenvalue weighted by Gasteiger charge is -2.38. The van der Waals surface area contributed by atoms with Gasteiger partial charge in [-0.3, -0.25) is 4.90 Å². The summed E-state index contributed by atoms with van der Waals surface area (Å²) >= 11 is 0. The van der Waals surface area contributed by atoms with Crippen LogP contribution < -0.4 is 0 Å². The summed E-state index contributed by atoms with van der Waals surface area (Å²) in [5, 5.41) is 10.0. The molecule has 0 aliphatic carbocycles. The predicted molar refractivity (Wildman–Crippen MR) is 55.8 cm³/mol. The van der Waals surface area contributed by atoms with Crippen molar-refractivity contribution in [2.45, 2.75) is 58.1 Å². The molecule has 0 aromatic heterocycles. The molecular formula is C11H23NO. The van der Waals surface area contributed by atoms with E-state index in [-0.39, 0.29) is 5.54 Å². The first-order valence-electron chi connectivity index (χ1n) is 5.29. The minimum Gasteiger partial charge on any atom is -0.389 e. The van der Waals surface area contributed by atoms with E-state index in [0.29, 0.717) is 0 Å². The quantitative estimate of drug-likeness (QED) is 0.624. The van der Waals surface area contributed by atoms with Gasteiger partial charge in [-0.05, 0) is 53.5 Å². The molecule has 0 spiro atoms. The van der Waals surface area contributed by atoms with Gasteiger partial charge in [0.2, 0.25) is 0 Å². The Hall–Kier alpha value is -0.0800. The third-order valence-corrected chi connectivity index (χ3v) is 2.87. The van der Waals surface area contributed by atoms with Crippen LogP contribution in [0, 0.1) is 0 Å². The number of rotatable bonds is 0. The minimum atomic E-state index is -0.482. The van der Waals surface area contributed by atoms with E-state index in [0.717, 1.165) is 25.9 Å². The van der Waals surface area contributed by atoms with E-state index < -0.39 is 5.60 Å². The van der Waals surface area contributed by atoms with Crippen LogP contribution in [0.4, 0.5) is 0 Å². The van der Waals surface area contributed by atoms with E-state index in [1.54, 1.807) is 0 Å². The molecule has 0 aromatic carbocycles. The van der Waals surface area contributed by atoms with Crippen molar-refractivity contribution in [2.24, 2.45) is 0 Å². The van der Waals surface area contributed by atoms with Gasteiger partial charge in [0.15, 0.2) is 0 Å². The molecule has 0 bridgehead atoms. The van der Waals surface area contributed by atoms with Gasteiger partial charge in [0.25, 0.3) is 0 Å². The Labute approximate surface area is 81.9 Å². The molecule has 0 aromatic rings. The van der Waals surface area contributed by atoms with Gasteiger partial charge in [-0.25, -0.2) is 0 Å². The summed E-state index contributed by atoms with van der Waals surface area (Å²) in [5.74, 6) is 0. The Morgan fingerprint density at radius 1 is 1.23 bits per heavy atom.